The van der Waals surface area contributed by atoms with Crippen LogP contribution in [0.3, 0.4) is 0 Å². The van der Waals surface area contributed by atoms with Gasteiger partial charge in [-0.25, -0.2) is 14.8 Å². The number of imidazole rings is 1. The first-order valence-corrected chi connectivity index (χ1v) is 13.9. The minimum atomic E-state index is -0.799. The van der Waals surface area contributed by atoms with E-state index < -0.39 is 17.8 Å². The largest absolute Gasteiger partial charge is 0.463 e. The van der Waals surface area contributed by atoms with Crippen LogP contribution in [0.25, 0.3) is 22.4 Å². The van der Waals surface area contributed by atoms with Gasteiger partial charge < -0.3 is 15.4 Å². The Morgan fingerprint density at radius 1 is 0.930 bits per heavy atom. The molecule has 10 nitrogen and oxygen atoms in total. The zero-order chi connectivity index (χ0) is 29.9. The van der Waals surface area contributed by atoms with Crippen LogP contribution >= 0.6 is 0 Å². The van der Waals surface area contributed by atoms with E-state index in [1.165, 1.54) is 0 Å². The van der Waals surface area contributed by atoms with E-state index >= 15 is 0 Å². The van der Waals surface area contributed by atoms with Gasteiger partial charge in [-0.05, 0) is 68.8 Å². The van der Waals surface area contributed by atoms with Crippen LogP contribution in [0.15, 0.2) is 108 Å². The van der Waals surface area contributed by atoms with Crippen molar-refractivity contribution >= 4 is 34.4 Å². The molecular formula is C33H29N7O3. The summed E-state index contributed by atoms with van der Waals surface area (Å²) < 4.78 is 7.62. The molecule has 1 aromatic carbocycles. The van der Waals surface area contributed by atoms with Gasteiger partial charge in [0.25, 0.3) is 5.91 Å². The molecule has 1 aliphatic heterocycles. The Kier molecular flexibility index (Phi) is 7.48. The fraction of sp³-hybridized carbons (Fsp3) is 0.152. The molecule has 6 rings (SSSR count). The predicted octanol–water partition coefficient (Wildman–Crippen LogP) is 5.09. The van der Waals surface area contributed by atoms with E-state index in [1.807, 2.05) is 50.2 Å². The van der Waals surface area contributed by atoms with Crippen LogP contribution < -0.4 is 10.6 Å². The summed E-state index contributed by atoms with van der Waals surface area (Å²) in [5.41, 5.74) is 5.72. The fourth-order valence-corrected chi connectivity index (χ4v) is 5.40. The van der Waals surface area contributed by atoms with Gasteiger partial charge in [0.2, 0.25) is 0 Å². The molecule has 0 spiro atoms. The quantitative estimate of drug-likeness (QED) is 0.259. The number of benzene rings is 1. The van der Waals surface area contributed by atoms with E-state index in [4.69, 9.17) is 4.74 Å². The van der Waals surface area contributed by atoms with Crippen molar-refractivity contribution in [3.63, 3.8) is 0 Å². The van der Waals surface area contributed by atoms with Crippen LogP contribution in [0.4, 0.5) is 5.82 Å². The summed E-state index contributed by atoms with van der Waals surface area (Å²) in [6.45, 7) is 5.68. The number of nitrogens with zero attached hydrogens (tertiary/aromatic N) is 5. The average molecular weight is 572 g/mol. The number of hydrogen-bond acceptors (Lipinski definition) is 8. The highest BCUT2D eigenvalue weighted by molar-refractivity contribution is 6.10. The number of pyridine rings is 3. The Balaban J connectivity index is 1.47. The first-order valence-electron chi connectivity index (χ1n) is 13.9. The van der Waals surface area contributed by atoms with Gasteiger partial charge in [-0.3, -0.25) is 19.3 Å². The maximum atomic E-state index is 13.8. The van der Waals surface area contributed by atoms with Crippen LogP contribution in [-0.4, -0.2) is 43.0 Å². The molecule has 1 amide bonds. The van der Waals surface area contributed by atoms with E-state index in [-0.39, 0.29) is 6.61 Å². The highest BCUT2D eigenvalue weighted by Gasteiger charge is 2.39. The van der Waals surface area contributed by atoms with Crippen molar-refractivity contribution in [1.29, 1.82) is 0 Å². The summed E-state index contributed by atoms with van der Waals surface area (Å²) in [6, 6.07) is 20.4. The fourth-order valence-electron chi connectivity index (χ4n) is 5.40. The minimum Gasteiger partial charge on any atom is -0.463 e. The molecule has 0 saturated carbocycles. The molecule has 1 atom stereocenters. The molecule has 43 heavy (non-hydrogen) atoms. The third kappa shape index (κ3) is 5.26. The van der Waals surface area contributed by atoms with Crippen molar-refractivity contribution in [2.45, 2.75) is 26.7 Å². The summed E-state index contributed by atoms with van der Waals surface area (Å²) in [6.07, 6.45) is 6.73. The van der Waals surface area contributed by atoms with Gasteiger partial charge >= 0.3 is 5.97 Å². The number of fused-ring (bicyclic) bond motifs is 1. The van der Waals surface area contributed by atoms with Crippen LogP contribution in [0.1, 0.15) is 36.8 Å². The van der Waals surface area contributed by atoms with E-state index in [9.17, 15) is 9.59 Å². The van der Waals surface area contributed by atoms with Gasteiger partial charge in [-0.2, -0.15) is 0 Å². The molecule has 5 heterocycles. The SMILES string of the molecule is CCOC(=O)C1=C(c2ccc(-n3c(C)nc4cnccc43)cc2)NC(C)=C(C(=O)Nc2ccccn2)C1c1ccccn1. The lowest BCUT2D eigenvalue weighted by Crippen LogP contribution is -2.34. The van der Waals surface area contributed by atoms with Crippen molar-refractivity contribution < 1.29 is 14.3 Å². The number of dihydropyridines is 1. The molecule has 214 valence electrons. The lowest BCUT2D eigenvalue weighted by molar-refractivity contribution is -0.138. The highest BCUT2D eigenvalue weighted by atomic mass is 16.5. The van der Waals surface area contributed by atoms with Gasteiger partial charge in [-0.1, -0.05) is 24.3 Å². The highest BCUT2D eigenvalue weighted by Crippen LogP contribution is 2.41. The number of carbonyl (C=O) groups excluding carboxylic acids is 2. The molecule has 10 heteroatoms. The molecule has 4 aromatic heterocycles. The van der Waals surface area contributed by atoms with E-state index in [2.05, 4.69) is 35.1 Å². The maximum Gasteiger partial charge on any atom is 0.337 e. The number of esters is 1. The van der Waals surface area contributed by atoms with E-state index in [0.717, 1.165) is 28.1 Å². The van der Waals surface area contributed by atoms with Crippen LogP contribution in [-0.2, 0) is 14.3 Å². The van der Waals surface area contributed by atoms with Crippen molar-refractivity contribution in [3.8, 4) is 5.69 Å². The molecule has 0 aliphatic carbocycles. The van der Waals surface area contributed by atoms with Gasteiger partial charge in [0.1, 0.15) is 17.2 Å². The molecule has 2 N–H and O–H groups in total. The monoisotopic (exact) mass is 571 g/mol. The number of ether oxygens (including phenoxy) is 1. The molecule has 5 aromatic rings. The predicted molar refractivity (Wildman–Crippen MR) is 163 cm³/mol. The number of amides is 1. The number of aryl methyl sites for hydroxylation is 1. The molecule has 1 aliphatic rings. The Morgan fingerprint density at radius 2 is 1.70 bits per heavy atom. The summed E-state index contributed by atoms with van der Waals surface area (Å²) in [5, 5.41) is 6.22. The lowest BCUT2D eigenvalue weighted by atomic mass is 9.81. The number of aromatic nitrogens is 5. The van der Waals surface area contributed by atoms with E-state index in [1.54, 1.807) is 62.0 Å². The Bertz CT molecular complexity index is 1880. The molecule has 1 unspecified atom stereocenters. The number of anilines is 1. The average Bonchev–Trinajstić information content (AvgIpc) is 3.37. The second kappa shape index (κ2) is 11.7. The zero-order valence-electron chi connectivity index (χ0n) is 23.9. The van der Waals surface area contributed by atoms with Gasteiger partial charge in [-0.15, -0.1) is 0 Å². The first-order chi connectivity index (χ1) is 21.0. The number of carbonyl (C=O) groups is 2. The third-order valence-electron chi connectivity index (χ3n) is 7.23. The van der Waals surface area contributed by atoms with Crippen LogP contribution in [0, 0.1) is 6.92 Å². The lowest BCUT2D eigenvalue weighted by Gasteiger charge is -2.31. The Morgan fingerprint density at radius 3 is 2.40 bits per heavy atom. The van der Waals surface area contributed by atoms with Gasteiger partial charge in [0.15, 0.2) is 0 Å². The van der Waals surface area contributed by atoms with Crippen molar-refractivity contribution in [2.75, 3.05) is 11.9 Å². The Hall–Kier alpha value is -5.64. The number of allylic oxidation sites excluding steroid dienone is 1. The third-order valence-corrected chi connectivity index (χ3v) is 7.23. The normalized spacial score (nSPS) is 14.9. The molecule has 0 fully saturated rings. The first kappa shape index (κ1) is 27.5. The number of hydrogen-bond donors (Lipinski definition) is 2. The van der Waals surface area contributed by atoms with Crippen molar-refractivity contribution in [1.82, 2.24) is 29.8 Å². The molecule has 0 saturated heterocycles. The van der Waals surface area contributed by atoms with Crippen LogP contribution in [0.2, 0.25) is 0 Å². The number of nitrogens with one attached hydrogen (secondary N) is 2. The standard InChI is InChI=1S/C33H29N7O3/c1-4-43-33(42)30-29(24-9-5-7-16-35-24)28(32(41)39-27-10-6-8-17-36-27)20(2)37-31(30)22-11-13-23(14-12-22)40-21(3)38-25-19-34-18-15-26(25)40/h5-19,29,37H,4H2,1-3H3,(H,36,39,41). The van der Waals surface area contributed by atoms with Crippen LogP contribution in [0.5, 0.6) is 0 Å². The van der Waals surface area contributed by atoms with Crippen molar-refractivity contribution in [3.05, 3.63) is 125 Å². The van der Waals surface area contributed by atoms with Gasteiger partial charge in [0, 0.05) is 30.0 Å². The summed E-state index contributed by atoms with van der Waals surface area (Å²) in [7, 11) is 0. The molecular weight excluding hydrogens is 542 g/mol. The van der Waals surface area contributed by atoms with E-state index in [0.29, 0.717) is 34.1 Å². The maximum absolute atomic E-state index is 13.8. The zero-order valence-corrected chi connectivity index (χ0v) is 23.9. The minimum absolute atomic E-state index is 0.170. The summed E-state index contributed by atoms with van der Waals surface area (Å²) in [4.78, 5) is 45.1. The van der Waals surface area contributed by atoms with Crippen molar-refractivity contribution in [2.24, 2.45) is 0 Å². The second-order valence-corrected chi connectivity index (χ2v) is 9.94. The summed E-state index contributed by atoms with van der Waals surface area (Å²) >= 11 is 0. The Labute approximate surface area is 248 Å². The topological polar surface area (TPSA) is 124 Å². The number of rotatable bonds is 7. The molecule has 0 radical (unpaired) electrons. The smallest absolute Gasteiger partial charge is 0.337 e. The second-order valence-electron chi connectivity index (χ2n) is 9.94. The summed E-state index contributed by atoms with van der Waals surface area (Å²) in [5.74, 6) is -0.506. The molecule has 0 bridgehead atoms. The van der Waals surface area contributed by atoms with Gasteiger partial charge in [0.05, 0.1) is 46.8 Å².